The molecule has 5 heteroatoms. The van der Waals surface area contributed by atoms with E-state index in [1.807, 2.05) is 19.1 Å². The molecule has 18 heavy (non-hydrogen) atoms. The molecule has 2 amide bonds. The van der Waals surface area contributed by atoms with Crippen LogP contribution >= 0.6 is 11.6 Å². The van der Waals surface area contributed by atoms with Gasteiger partial charge in [-0.3, -0.25) is 14.5 Å². The van der Waals surface area contributed by atoms with Gasteiger partial charge >= 0.3 is 0 Å². The van der Waals surface area contributed by atoms with E-state index in [0.29, 0.717) is 11.6 Å². The number of para-hydroxylation sites is 1. The Kier molecular flexibility index (Phi) is 3.57. The van der Waals surface area contributed by atoms with Crippen molar-refractivity contribution in [3.05, 3.63) is 28.8 Å². The van der Waals surface area contributed by atoms with Crippen LogP contribution in [0.2, 0.25) is 5.02 Å². The summed E-state index contributed by atoms with van der Waals surface area (Å²) in [6.45, 7) is 4.11. The van der Waals surface area contributed by atoms with Crippen LogP contribution in [0, 0.1) is 6.92 Å². The Bertz CT molecular complexity index is 482. The van der Waals surface area contributed by atoms with Gasteiger partial charge in [0.25, 0.3) is 5.91 Å². The first-order valence-corrected chi connectivity index (χ1v) is 6.28. The summed E-state index contributed by atoms with van der Waals surface area (Å²) in [6.07, 6.45) is 0.192. The SMILES string of the molecule is CCN1C(=O)CC(Nc2c(C)cccc2Cl)C1=O. The number of likely N-dealkylation sites (N-methyl/N-ethyl adjacent to an activating group) is 1. The van der Waals surface area contributed by atoms with Gasteiger partial charge in [0.15, 0.2) is 0 Å². The quantitative estimate of drug-likeness (QED) is 0.854. The summed E-state index contributed by atoms with van der Waals surface area (Å²) < 4.78 is 0. The molecule has 1 saturated heterocycles. The summed E-state index contributed by atoms with van der Waals surface area (Å²) in [7, 11) is 0. The number of anilines is 1. The van der Waals surface area contributed by atoms with Gasteiger partial charge in [0, 0.05) is 6.54 Å². The van der Waals surface area contributed by atoms with Crippen LogP contribution in [0.1, 0.15) is 18.9 Å². The molecule has 1 aromatic carbocycles. The number of carbonyl (C=O) groups excluding carboxylic acids is 2. The number of amides is 2. The number of nitrogens with one attached hydrogen (secondary N) is 1. The Labute approximate surface area is 111 Å². The molecule has 0 aliphatic carbocycles. The molecule has 1 atom stereocenters. The molecular formula is C13H15ClN2O2. The van der Waals surface area contributed by atoms with Crippen LogP contribution in [-0.4, -0.2) is 29.3 Å². The number of rotatable bonds is 3. The van der Waals surface area contributed by atoms with Crippen molar-refractivity contribution in [2.24, 2.45) is 0 Å². The van der Waals surface area contributed by atoms with Gasteiger partial charge in [0.05, 0.1) is 17.1 Å². The van der Waals surface area contributed by atoms with Crippen molar-refractivity contribution in [2.75, 3.05) is 11.9 Å². The van der Waals surface area contributed by atoms with E-state index in [4.69, 9.17) is 11.6 Å². The molecular weight excluding hydrogens is 252 g/mol. The molecule has 1 aliphatic rings. The topological polar surface area (TPSA) is 49.4 Å². The lowest BCUT2D eigenvalue weighted by atomic mass is 10.1. The second-order valence-corrected chi connectivity index (χ2v) is 4.72. The average molecular weight is 267 g/mol. The van der Waals surface area contributed by atoms with Crippen LogP contribution in [0.15, 0.2) is 18.2 Å². The summed E-state index contributed by atoms with van der Waals surface area (Å²) in [6, 6.07) is 5.02. The third-order valence-corrected chi connectivity index (χ3v) is 3.42. The van der Waals surface area contributed by atoms with Crippen LogP contribution in [0.3, 0.4) is 0 Å². The van der Waals surface area contributed by atoms with E-state index in [2.05, 4.69) is 5.32 Å². The second kappa shape index (κ2) is 4.98. The minimum Gasteiger partial charge on any atom is -0.372 e. The largest absolute Gasteiger partial charge is 0.372 e. The lowest BCUT2D eigenvalue weighted by Gasteiger charge is -2.16. The van der Waals surface area contributed by atoms with Crippen LogP contribution < -0.4 is 5.32 Å². The molecule has 1 unspecified atom stereocenters. The highest BCUT2D eigenvalue weighted by atomic mass is 35.5. The fraction of sp³-hybridized carbons (Fsp3) is 0.385. The van der Waals surface area contributed by atoms with Crippen LogP contribution in [0.25, 0.3) is 0 Å². The minimum absolute atomic E-state index is 0.135. The molecule has 1 aromatic rings. The number of halogens is 1. The molecule has 0 spiro atoms. The Balaban J connectivity index is 2.21. The zero-order valence-corrected chi connectivity index (χ0v) is 11.1. The molecule has 1 N–H and O–H groups in total. The van der Waals surface area contributed by atoms with Crippen molar-refractivity contribution in [3.63, 3.8) is 0 Å². The van der Waals surface area contributed by atoms with Gasteiger partial charge in [0.2, 0.25) is 5.91 Å². The van der Waals surface area contributed by atoms with Crippen molar-refractivity contribution >= 4 is 29.1 Å². The third kappa shape index (κ3) is 2.20. The Hall–Kier alpha value is -1.55. The van der Waals surface area contributed by atoms with E-state index >= 15 is 0 Å². The number of carbonyl (C=O) groups is 2. The Morgan fingerprint density at radius 1 is 1.44 bits per heavy atom. The number of benzene rings is 1. The van der Waals surface area contributed by atoms with Gasteiger partial charge in [-0.05, 0) is 25.5 Å². The fourth-order valence-electron chi connectivity index (χ4n) is 2.12. The minimum atomic E-state index is -0.504. The summed E-state index contributed by atoms with van der Waals surface area (Å²) in [5, 5.41) is 3.64. The van der Waals surface area contributed by atoms with Crippen LogP contribution in [-0.2, 0) is 9.59 Å². The zero-order chi connectivity index (χ0) is 13.3. The molecule has 0 aromatic heterocycles. The smallest absolute Gasteiger partial charge is 0.252 e. The maximum Gasteiger partial charge on any atom is 0.252 e. The number of hydrogen-bond acceptors (Lipinski definition) is 3. The number of hydrogen-bond donors (Lipinski definition) is 1. The van der Waals surface area contributed by atoms with Crippen molar-refractivity contribution in [2.45, 2.75) is 26.3 Å². The van der Waals surface area contributed by atoms with E-state index in [9.17, 15) is 9.59 Å². The number of likely N-dealkylation sites (tertiary alicyclic amines) is 1. The van der Waals surface area contributed by atoms with Gasteiger partial charge in [0.1, 0.15) is 6.04 Å². The molecule has 0 radical (unpaired) electrons. The van der Waals surface area contributed by atoms with E-state index in [1.165, 1.54) is 4.90 Å². The van der Waals surface area contributed by atoms with Crippen molar-refractivity contribution < 1.29 is 9.59 Å². The van der Waals surface area contributed by atoms with E-state index < -0.39 is 6.04 Å². The summed E-state index contributed by atoms with van der Waals surface area (Å²) >= 11 is 6.09. The van der Waals surface area contributed by atoms with Gasteiger partial charge in [-0.1, -0.05) is 23.7 Å². The summed E-state index contributed by atoms with van der Waals surface area (Å²) in [5.41, 5.74) is 1.68. The second-order valence-electron chi connectivity index (χ2n) is 4.31. The molecule has 2 rings (SSSR count). The molecule has 0 bridgehead atoms. The molecule has 96 valence electrons. The maximum atomic E-state index is 12.0. The first-order chi connectivity index (χ1) is 8.54. The lowest BCUT2D eigenvalue weighted by molar-refractivity contribution is -0.138. The van der Waals surface area contributed by atoms with Crippen LogP contribution in [0.4, 0.5) is 5.69 Å². The average Bonchev–Trinajstić information content (AvgIpc) is 2.59. The highest BCUT2D eigenvalue weighted by molar-refractivity contribution is 6.33. The monoisotopic (exact) mass is 266 g/mol. The van der Waals surface area contributed by atoms with Crippen molar-refractivity contribution in [3.8, 4) is 0 Å². The maximum absolute atomic E-state index is 12.0. The Morgan fingerprint density at radius 2 is 2.17 bits per heavy atom. The van der Waals surface area contributed by atoms with Gasteiger partial charge in [-0.15, -0.1) is 0 Å². The van der Waals surface area contributed by atoms with Gasteiger partial charge < -0.3 is 5.32 Å². The van der Waals surface area contributed by atoms with Gasteiger partial charge in [-0.25, -0.2) is 0 Å². The normalized spacial score (nSPS) is 19.5. The third-order valence-electron chi connectivity index (χ3n) is 3.10. The molecule has 4 nitrogen and oxygen atoms in total. The predicted molar refractivity (Wildman–Crippen MR) is 70.6 cm³/mol. The fourth-order valence-corrected chi connectivity index (χ4v) is 2.39. The first-order valence-electron chi connectivity index (χ1n) is 5.90. The highest BCUT2D eigenvalue weighted by Gasteiger charge is 2.37. The highest BCUT2D eigenvalue weighted by Crippen LogP contribution is 2.28. The molecule has 1 fully saturated rings. The van der Waals surface area contributed by atoms with E-state index in [1.54, 1.807) is 13.0 Å². The standard InChI is InChI=1S/C13H15ClN2O2/c1-3-16-11(17)7-10(13(16)18)15-12-8(2)5-4-6-9(12)14/h4-6,10,15H,3,7H2,1-2H3. The number of aryl methyl sites for hydroxylation is 1. The summed E-state index contributed by atoms with van der Waals surface area (Å²) in [5.74, 6) is -0.313. The van der Waals surface area contributed by atoms with E-state index in [-0.39, 0.29) is 18.2 Å². The molecule has 1 aliphatic heterocycles. The van der Waals surface area contributed by atoms with Crippen molar-refractivity contribution in [1.82, 2.24) is 4.90 Å². The number of nitrogens with zero attached hydrogens (tertiary/aromatic N) is 1. The predicted octanol–water partition coefficient (Wildman–Crippen LogP) is 2.21. The zero-order valence-electron chi connectivity index (χ0n) is 10.4. The van der Waals surface area contributed by atoms with E-state index in [0.717, 1.165) is 11.3 Å². The molecule has 0 saturated carbocycles. The first kappa shape index (κ1) is 12.9. The number of imide groups is 1. The molecule has 1 heterocycles. The van der Waals surface area contributed by atoms with Crippen LogP contribution in [0.5, 0.6) is 0 Å². The van der Waals surface area contributed by atoms with Crippen molar-refractivity contribution in [1.29, 1.82) is 0 Å². The van der Waals surface area contributed by atoms with Gasteiger partial charge in [-0.2, -0.15) is 0 Å². The Morgan fingerprint density at radius 3 is 2.72 bits per heavy atom. The summed E-state index contributed by atoms with van der Waals surface area (Å²) in [4.78, 5) is 24.9. The lowest BCUT2D eigenvalue weighted by Crippen LogP contribution is -2.34.